The molecule has 5 nitrogen and oxygen atoms in total. The molecule has 5 heteroatoms. The first-order valence-corrected chi connectivity index (χ1v) is 4.53. The lowest BCUT2D eigenvalue weighted by atomic mass is 10.3. The van der Waals surface area contributed by atoms with Gasteiger partial charge in [0.25, 0.3) is 0 Å². The third-order valence-electron chi connectivity index (χ3n) is 1.98. The van der Waals surface area contributed by atoms with Crippen LogP contribution in [0.2, 0.25) is 0 Å². The van der Waals surface area contributed by atoms with Gasteiger partial charge in [-0.25, -0.2) is 9.98 Å². The minimum atomic E-state index is 0.898. The molecule has 2 aromatic rings. The van der Waals surface area contributed by atoms with Gasteiger partial charge in [0.1, 0.15) is 12.2 Å². The number of nitrogens with one attached hydrogen (secondary N) is 3. The SMILES string of the molecule is Cc1nc2ccc(N/C=N\C=N)cc2[nH]1. The maximum atomic E-state index is 6.72. The van der Waals surface area contributed by atoms with Crippen molar-refractivity contribution in [3.63, 3.8) is 0 Å². The second-order valence-electron chi connectivity index (χ2n) is 3.11. The van der Waals surface area contributed by atoms with Crippen LogP contribution in [0.5, 0.6) is 0 Å². The van der Waals surface area contributed by atoms with Gasteiger partial charge >= 0.3 is 0 Å². The topological polar surface area (TPSA) is 76.9 Å². The maximum absolute atomic E-state index is 6.72. The Hall–Kier alpha value is -2.17. The van der Waals surface area contributed by atoms with Crippen LogP contribution in [0.15, 0.2) is 23.2 Å². The Balaban J connectivity index is 2.29. The summed E-state index contributed by atoms with van der Waals surface area (Å²) >= 11 is 0. The van der Waals surface area contributed by atoms with Gasteiger partial charge in [-0.05, 0) is 25.1 Å². The van der Waals surface area contributed by atoms with Gasteiger partial charge in [0.05, 0.1) is 17.4 Å². The Bertz CT molecular complexity index is 512. The lowest BCUT2D eigenvalue weighted by molar-refractivity contribution is 1.17. The molecule has 76 valence electrons. The van der Waals surface area contributed by atoms with Gasteiger partial charge in [-0.2, -0.15) is 0 Å². The summed E-state index contributed by atoms with van der Waals surface area (Å²) in [4.78, 5) is 11.1. The molecule has 0 amide bonds. The number of hydrogen-bond acceptors (Lipinski definition) is 2. The average Bonchev–Trinajstić information content (AvgIpc) is 2.57. The predicted octanol–water partition coefficient (Wildman–Crippen LogP) is 1.92. The molecule has 0 atom stereocenters. The van der Waals surface area contributed by atoms with Crippen molar-refractivity contribution in [2.24, 2.45) is 4.99 Å². The summed E-state index contributed by atoms with van der Waals surface area (Å²) in [5.41, 5.74) is 2.85. The van der Waals surface area contributed by atoms with E-state index in [1.54, 1.807) is 0 Å². The molecule has 0 aliphatic rings. The Labute approximate surface area is 86.8 Å². The molecule has 1 heterocycles. The zero-order valence-corrected chi connectivity index (χ0v) is 8.28. The molecule has 2 rings (SSSR count). The largest absolute Gasteiger partial charge is 0.346 e. The van der Waals surface area contributed by atoms with Crippen molar-refractivity contribution in [3.05, 3.63) is 24.0 Å². The van der Waals surface area contributed by atoms with Crippen molar-refractivity contribution in [1.29, 1.82) is 5.41 Å². The van der Waals surface area contributed by atoms with Gasteiger partial charge in [-0.15, -0.1) is 0 Å². The Morgan fingerprint density at radius 1 is 1.53 bits per heavy atom. The highest BCUT2D eigenvalue weighted by atomic mass is 15.0. The molecule has 0 saturated heterocycles. The van der Waals surface area contributed by atoms with Crippen LogP contribution in [0.3, 0.4) is 0 Å². The zero-order chi connectivity index (χ0) is 10.7. The van der Waals surface area contributed by atoms with Gasteiger partial charge < -0.3 is 10.3 Å². The van der Waals surface area contributed by atoms with Gasteiger partial charge in [0, 0.05) is 5.69 Å². The molecule has 0 aliphatic carbocycles. The van der Waals surface area contributed by atoms with Gasteiger partial charge in [0.2, 0.25) is 0 Å². The van der Waals surface area contributed by atoms with E-state index in [0.29, 0.717) is 0 Å². The Morgan fingerprint density at radius 3 is 3.20 bits per heavy atom. The second kappa shape index (κ2) is 3.91. The maximum Gasteiger partial charge on any atom is 0.108 e. The number of imidazole rings is 1. The highest BCUT2D eigenvalue weighted by Gasteiger charge is 1.99. The number of benzene rings is 1. The molecule has 1 aromatic carbocycles. The van der Waals surface area contributed by atoms with Crippen LogP contribution in [0, 0.1) is 12.3 Å². The smallest absolute Gasteiger partial charge is 0.108 e. The number of rotatable bonds is 3. The summed E-state index contributed by atoms with van der Waals surface area (Å²) in [7, 11) is 0. The lowest BCUT2D eigenvalue weighted by Gasteiger charge is -1.98. The Kier molecular flexibility index (Phi) is 2.45. The van der Waals surface area contributed by atoms with Gasteiger partial charge in [-0.1, -0.05) is 0 Å². The van der Waals surface area contributed by atoms with Gasteiger partial charge in [-0.3, -0.25) is 5.41 Å². The number of aliphatic imine (C=N–C) groups is 1. The van der Waals surface area contributed by atoms with E-state index in [0.717, 1.165) is 28.9 Å². The Morgan fingerprint density at radius 2 is 2.40 bits per heavy atom. The average molecular weight is 201 g/mol. The third kappa shape index (κ3) is 2.01. The molecule has 0 aliphatic heterocycles. The van der Waals surface area contributed by atoms with Crippen molar-refractivity contribution < 1.29 is 0 Å². The van der Waals surface area contributed by atoms with Crippen molar-refractivity contribution >= 4 is 29.4 Å². The summed E-state index contributed by atoms with van der Waals surface area (Å²) < 4.78 is 0. The summed E-state index contributed by atoms with van der Waals surface area (Å²) in [6.45, 7) is 1.92. The van der Waals surface area contributed by atoms with E-state index >= 15 is 0 Å². The summed E-state index contributed by atoms with van der Waals surface area (Å²) in [6.07, 6.45) is 2.45. The summed E-state index contributed by atoms with van der Waals surface area (Å²) in [5, 5.41) is 9.68. The number of hydrogen-bond donors (Lipinski definition) is 3. The fourth-order valence-electron chi connectivity index (χ4n) is 1.38. The molecule has 0 spiro atoms. The molecule has 1 aromatic heterocycles. The number of aromatic amines is 1. The fraction of sp³-hybridized carbons (Fsp3) is 0.100. The molecule has 15 heavy (non-hydrogen) atoms. The van der Waals surface area contributed by atoms with Crippen LogP contribution >= 0.6 is 0 Å². The lowest BCUT2D eigenvalue weighted by Crippen LogP contribution is -1.94. The van der Waals surface area contributed by atoms with E-state index in [1.165, 1.54) is 6.34 Å². The number of fused-ring (bicyclic) bond motifs is 1. The second-order valence-corrected chi connectivity index (χ2v) is 3.11. The number of H-pyrrole nitrogens is 1. The normalized spacial score (nSPS) is 11.0. The van der Waals surface area contributed by atoms with Crippen LogP contribution in [0.4, 0.5) is 5.69 Å². The minimum Gasteiger partial charge on any atom is -0.346 e. The molecule has 0 unspecified atom stereocenters. The zero-order valence-electron chi connectivity index (χ0n) is 8.28. The van der Waals surface area contributed by atoms with Crippen LogP contribution < -0.4 is 5.32 Å². The van der Waals surface area contributed by atoms with Crippen molar-refractivity contribution in [1.82, 2.24) is 9.97 Å². The van der Waals surface area contributed by atoms with Gasteiger partial charge in [0.15, 0.2) is 0 Å². The number of nitrogens with zero attached hydrogens (tertiary/aromatic N) is 2. The first kappa shape index (κ1) is 9.39. The van der Waals surface area contributed by atoms with Crippen molar-refractivity contribution in [2.75, 3.05) is 5.32 Å². The van der Waals surface area contributed by atoms with E-state index in [4.69, 9.17) is 5.41 Å². The quantitative estimate of drug-likeness (QED) is 0.524. The summed E-state index contributed by atoms with van der Waals surface area (Å²) in [6, 6.07) is 5.79. The summed E-state index contributed by atoms with van der Waals surface area (Å²) in [5.74, 6) is 0.898. The highest BCUT2D eigenvalue weighted by Crippen LogP contribution is 2.16. The number of aromatic nitrogens is 2. The molecular formula is C10H11N5. The van der Waals surface area contributed by atoms with E-state index in [2.05, 4.69) is 20.3 Å². The van der Waals surface area contributed by atoms with Crippen molar-refractivity contribution in [3.8, 4) is 0 Å². The monoisotopic (exact) mass is 201 g/mol. The van der Waals surface area contributed by atoms with E-state index in [9.17, 15) is 0 Å². The van der Waals surface area contributed by atoms with Crippen LogP contribution in [-0.2, 0) is 0 Å². The van der Waals surface area contributed by atoms with Crippen molar-refractivity contribution in [2.45, 2.75) is 6.92 Å². The standard InChI is InChI=1S/C10H11N5/c1-7-14-9-3-2-8(4-10(9)15-7)13-6-12-5-11/h2-6H,1H3,(H,14,15)(H2,11,12,13). The molecule has 0 bridgehead atoms. The van der Waals surface area contributed by atoms with E-state index < -0.39 is 0 Å². The van der Waals surface area contributed by atoms with E-state index in [-0.39, 0.29) is 0 Å². The molecule has 0 fully saturated rings. The first-order valence-electron chi connectivity index (χ1n) is 4.53. The predicted molar refractivity (Wildman–Crippen MR) is 61.7 cm³/mol. The van der Waals surface area contributed by atoms with Crippen LogP contribution in [0.25, 0.3) is 11.0 Å². The molecular weight excluding hydrogens is 190 g/mol. The number of aryl methyl sites for hydroxylation is 1. The third-order valence-corrected chi connectivity index (χ3v) is 1.98. The van der Waals surface area contributed by atoms with Crippen LogP contribution in [-0.4, -0.2) is 22.6 Å². The van der Waals surface area contributed by atoms with E-state index in [1.807, 2.05) is 25.1 Å². The molecule has 3 N–H and O–H groups in total. The fourth-order valence-corrected chi connectivity index (χ4v) is 1.38. The molecule has 0 radical (unpaired) electrons. The molecule has 0 saturated carbocycles. The minimum absolute atomic E-state index is 0.898. The van der Waals surface area contributed by atoms with Crippen LogP contribution in [0.1, 0.15) is 5.82 Å². The first-order chi connectivity index (χ1) is 7.29. The highest BCUT2D eigenvalue weighted by molar-refractivity contribution is 5.86. The number of anilines is 1.